The highest BCUT2D eigenvalue weighted by atomic mass is 32.1. The Kier molecular flexibility index (Phi) is 3.22. The van der Waals surface area contributed by atoms with E-state index in [-0.39, 0.29) is 12.1 Å². The lowest BCUT2D eigenvalue weighted by atomic mass is 10.0. The molecule has 1 aromatic heterocycles. The number of nitrogens with zero attached hydrogens (tertiary/aromatic N) is 1. The minimum absolute atomic E-state index is 0.0849. The molecule has 0 fully saturated rings. The normalized spacial score (nSPS) is 14.8. The minimum atomic E-state index is -0.320. The summed E-state index contributed by atoms with van der Waals surface area (Å²) in [5, 5.41) is 13.5. The molecule has 4 nitrogen and oxygen atoms in total. The van der Waals surface area contributed by atoms with Crippen molar-refractivity contribution in [2.45, 2.75) is 25.8 Å². The number of nitrogens with one attached hydrogen (secondary N) is 1. The highest BCUT2D eigenvalue weighted by Crippen LogP contribution is 2.29. The van der Waals surface area contributed by atoms with Crippen molar-refractivity contribution < 1.29 is 5.11 Å². The van der Waals surface area contributed by atoms with Crippen molar-refractivity contribution >= 4 is 32.4 Å². The van der Waals surface area contributed by atoms with Gasteiger partial charge < -0.3 is 16.2 Å². The topological polar surface area (TPSA) is 71.2 Å². The summed E-state index contributed by atoms with van der Waals surface area (Å²) in [6.45, 7) is 4.10. The average Bonchev–Trinajstić information content (AvgIpc) is 2.70. The van der Waals surface area contributed by atoms with Gasteiger partial charge in [-0.15, -0.1) is 0 Å². The Balaban J connectivity index is 2.31. The lowest BCUT2D eigenvalue weighted by molar-refractivity contribution is 0.219. The Labute approximate surface area is 104 Å². The second-order valence-corrected chi connectivity index (χ2v) is 5.47. The zero-order chi connectivity index (χ0) is 12.5. The molecule has 0 saturated carbocycles. The van der Waals surface area contributed by atoms with Gasteiger partial charge in [-0.2, -0.15) is 0 Å². The summed E-state index contributed by atoms with van der Waals surface area (Å²) in [6.07, 6.45) is 0.835. The van der Waals surface area contributed by atoms with Gasteiger partial charge >= 0.3 is 0 Å². The lowest BCUT2D eigenvalue weighted by Crippen LogP contribution is -2.37. The van der Waals surface area contributed by atoms with E-state index in [9.17, 15) is 5.11 Å². The van der Waals surface area contributed by atoms with E-state index in [0.29, 0.717) is 0 Å². The van der Waals surface area contributed by atoms with E-state index >= 15 is 0 Å². The Morgan fingerprint density at radius 3 is 2.94 bits per heavy atom. The SMILES string of the molecule is CCC(C)(CO)Nc1nc2ccc(N)cc2s1. The van der Waals surface area contributed by atoms with Gasteiger partial charge in [0.1, 0.15) is 0 Å². The number of fused-ring (bicyclic) bond motifs is 1. The van der Waals surface area contributed by atoms with Crippen LogP contribution < -0.4 is 11.1 Å². The third-order valence-corrected chi connectivity index (χ3v) is 3.88. The van der Waals surface area contributed by atoms with Crippen LogP contribution in [0, 0.1) is 0 Å². The fourth-order valence-electron chi connectivity index (χ4n) is 1.49. The molecule has 0 aliphatic rings. The molecule has 1 atom stereocenters. The van der Waals surface area contributed by atoms with Crippen molar-refractivity contribution in [2.75, 3.05) is 17.7 Å². The van der Waals surface area contributed by atoms with Crippen LogP contribution in [-0.4, -0.2) is 22.2 Å². The first-order valence-corrected chi connectivity index (χ1v) is 6.43. The van der Waals surface area contributed by atoms with Crippen molar-refractivity contribution in [3.63, 3.8) is 0 Å². The number of nitrogen functional groups attached to an aromatic ring is 1. The fourth-order valence-corrected chi connectivity index (χ4v) is 2.56. The van der Waals surface area contributed by atoms with Gasteiger partial charge in [0.05, 0.1) is 22.4 Å². The molecule has 4 N–H and O–H groups in total. The molecular weight excluding hydrogens is 234 g/mol. The molecule has 1 heterocycles. The van der Waals surface area contributed by atoms with Gasteiger partial charge in [0.15, 0.2) is 5.13 Å². The Hall–Kier alpha value is -1.33. The molecule has 2 rings (SSSR count). The monoisotopic (exact) mass is 251 g/mol. The van der Waals surface area contributed by atoms with Crippen molar-refractivity contribution in [3.8, 4) is 0 Å². The molecule has 0 aliphatic carbocycles. The maximum atomic E-state index is 9.36. The summed E-state index contributed by atoms with van der Waals surface area (Å²) in [4.78, 5) is 4.48. The molecule has 2 aromatic rings. The van der Waals surface area contributed by atoms with Gasteiger partial charge in [0.25, 0.3) is 0 Å². The molecule has 1 unspecified atom stereocenters. The van der Waals surface area contributed by atoms with Crippen LogP contribution in [0.5, 0.6) is 0 Å². The van der Waals surface area contributed by atoms with Gasteiger partial charge in [-0.25, -0.2) is 4.98 Å². The van der Waals surface area contributed by atoms with Crippen LogP contribution in [0.25, 0.3) is 10.2 Å². The predicted octanol–water partition coefficient (Wildman–Crippen LogP) is 2.45. The number of thiazole rings is 1. The summed E-state index contributed by atoms with van der Waals surface area (Å²) in [7, 11) is 0. The minimum Gasteiger partial charge on any atom is -0.399 e. The van der Waals surface area contributed by atoms with E-state index in [0.717, 1.165) is 27.5 Å². The Morgan fingerprint density at radius 1 is 1.53 bits per heavy atom. The summed E-state index contributed by atoms with van der Waals surface area (Å²) >= 11 is 1.56. The smallest absolute Gasteiger partial charge is 0.184 e. The first kappa shape index (κ1) is 12.1. The second-order valence-electron chi connectivity index (χ2n) is 4.44. The van der Waals surface area contributed by atoms with E-state index in [1.54, 1.807) is 11.3 Å². The molecule has 0 spiro atoms. The van der Waals surface area contributed by atoms with Crippen molar-refractivity contribution in [1.29, 1.82) is 0 Å². The maximum absolute atomic E-state index is 9.36. The molecule has 0 radical (unpaired) electrons. The number of anilines is 2. The number of aliphatic hydroxyl groups is 1. The third-order valence-electron chi connectivity index (χ3n) is 2.95. The van der Waals surface area contributed by atoms with Crippen molar-refractivity contribution in [2.24, 2.45) is 0 Å². The fraction of sp³-hybridized carbons (Fsp3) is 0.417. The van der Waals surface area contributed by atoms with Gasteiger partial charge in [-0.05, 0) is 31.5 Å². The summed E-state index contributed by atoms with van der Waals surface area (Å²) < 4.78 is 1.06. The van der Waals surface area contributed by atoms with Gasteiger partial charge in [0, 0.05) is 5.69 Å². The maximum Gasteiger partial charge on any atom is 0.184 e. The Bertz CT molecular complexity index is 519. The molecule has 0 aliphatic heterocycles. The zero-order valence-electron chi connectivity index (χ0n) is 10.0. The van der Waals surface area contributed by atoms with Gasteiger partial charge in [-0.1, -0.05) is 18.3 Å². The first-order valence-electron chi connectivity index (χ1n) is 5.61. The van der Waals surface area contributed by atoms with Crippen molar-refractivity contribution in [1.82, 2.24) is 4.98 Å². The molecule has 1 aromatic carbocycles. The molecule has 0 bridgehead atoms. The van der Waals surface area contributed by atoms with Crippen LogP contribution in [0.15, 0.2) is 18.2 Å². The highest BCUT2D eigenvalue weighted by Gasteiger charge is 2.21. The number of benzene rings is 1. The third kappa shape index (κ3) is 2.50. The number of aliphatic hydroxyl groups excluding tert-OH is 1. The zero-order valence-corrected chi connectivity index (χ0v) is 10.8. The first-order chi connectivity index (χ1) is 8.06. The predicted molar refractivity (Wildman–Crippen MR) is 73.4 cm³/mol. The number of hydrogen-bond acceptors (Lipinski definition) is 5. The number of nitrogens with two attached hydrogens (primary N) is 1. The highest BCUT2D eigenvalue weighted by molar-refractivity contribution is 7.22. The molecule has 17 heavy (non-hydrogen) atoms. The van der Waals surface area contributed by atoms with Crippen LogP contribution in [0.2, 0.25) is 0 Å². The van der Waals surface area contributed by atoms with Crippen LogP contribution in [0.1, 0.15) is 20.3 Å². The van der Waals surface area contributed by atoms with Crippen LogP contribution in [0.4, 0.5) is 10.8 Å². The van der Waals surface area contributed by atoms with E-state index < -0.39 is 0 Å². The van der Waals surface area contributed by atoms with Gasteiger partial charge in [-0.3, -0.25) is 0 Å². The van der Waals surface area contributed by atoms with Crippen LogP contribution in [0.3, 0.4) is 0 Å². The average molecular weight is 251 g/mol. The number of rotatable bonds is 4. The van der Waals surface area contributed by atoms with Crippen LogP contribution in [-0.2, 0) is 0 Å². The summed E-state index contributed by atoms with van der Waals surface area (Å²) in [5.41, 5.74) is 7.09. The van der Waals surface area contributed by atoms with E-state index in [1.165, 1.54) is 0 Å². The molecule has 0 amide bonds. The molecule has 92 valence electrons. The number of hydrogen-bond donors (Lipinski definition) is 3. The van der Waals surface area contributed by atoms with Crippen molar-refractivity contribution in [3.05, 3.63) is 18.2 Å². The van der Waals surface area contributed by atoms with Gasteiger partial charge in [0.2, 0.25) is 0 Å². The van der Waals surface area contributed by atoms with E-state index in [2.05, 4.69) is 10.3 Å². The number of aromatic nitrogens is 1. The van der Waals surface area contributed by atoms with Crippen LogP contribution >= 0.6 is 11.3 Å². The molecular formula is C12H17N3OS. The summed E-state index contributed by atoms with van der Waals surface area (Å²) in [5.74, 6) is 0. The molecule has 0 saturated heterocycles. The Morgan fingerprint density at radius 2 is 2.29 bits per heavy atom. The second kappa shape index (κ2) is 4.50. The summed E-state index contributed by atoms with van der Waals surface area (Å²) in [6, 6.07) is 5.67. The van der Waals surface area contributed by atoms with E-state index in [1.807, 2.05) is 32.0 Å². The van der Waals surface area contributed by atoms with E-state index in [4.69, 9.17) is 5.73 Å². The quantitative estimate of drug-likeness (QED) is 0.730. The molecule has 5 heteroatoms. The standard InChI is InChI=1S/C12H17N3OS/c1-3-12(2,7-16)15-11-14-9-5-4-8(13)6-10(9)17-11/h4-6,16H,3,7,13H2,1-2H3,(H,14,15). The lowest BCUT2D eigenvalue weighted by Gasteiger charge is -2.26. The largest absolute Gasteiger partial charge is 0.399 e.